The summed E-state index contributed by atoms with van der Waals surface area (Å²) in [6, 6.07) is 0. The third kappa shape index (κ3) is 4.88. The number of thiophene rings is 1. The fourth-order valence-corrected chi connectivity index (χ4v) is 5.55. The van der Waals surface area contributed by atoms with Gasteiger partial charge in [0.1, 0.15) is 5.00 Å². The largest absolute Gasteiger partial charge is 0.462 e. The number of carbonyl (C=O) groups is 2. The van der Waals surface area contributed by atoms with Crippen molar-refractivity contribution >= 4 is 56.4 Å². The molecule has 1 amide bonds. The van der Waals surface area contributed by atoms with Crippen molar-refractivity contribution < 1.29 is 14.3 Å². The molecule has 0 saturated carbocycles. The second-order valence-electron chi connectivity index (χ2n) is 5.66. The van der Waals surface area contributed by atoms with Crippen molar-refractivity contribution in [3.63, 3.8) is 0 Å². The number of amides is 1. The lowest BCUT2D eigenvalue weighted by molar-refractivity contribution is -0.113. The molecule has 3 rings (SSSR count). The molecule has 0 aliphatic heterocycles. The predicted molar refractivity (Wildman–Crippen MR) is 110 cm³/mol. The van der Waals surface area contributed by atoms with E-state index in [0.717, 1.165) is 24.8 Å². The van der Waals surface area contributed by atoms with Crippen LogP contribution in [0.2, 0.25) is 0 Å². The number of thioether (sulfide) groups is 1. The van der Waals surface area contributed by atoms with Crippen LogP contribution >= 0.6 is 34.4 Å². The highest BCUT2D eigenvalue weighted by Gasteiger charge is 2.28. The van der Waals surface area contributed by atoms with Crippen molar-refractivity contribution in [1.82, 2.24) is 10.2 Å². The minimum atomic E-state index is -0.359. The zero-order valence-electron chi connectivity index (χ0n) is 14.9. The lowest BCUT2D eigenvalue weighted by Crippen LogP contribution is -2.16. The zero-order valence-corrected chi connectivity index (χ0v) is 17.3. The maximum atomic E-state index is 12.4. The smallest absolute Gasteiger partial charge is 0.341 e. The third-order valence-corrected chi connectivity index (χ3v) is 7.01. The Balaban J connectivity index is 1.61. The number of aryl methyl sites for hydroxylation is 1. The fraction of sp³-hybridized carbons (Fsp3) is 0.412. The lowest BCUT2D eigenvalue weighted by atomic mass is 10.1. The molecule has 1 aliphatic rings. The summed E-state index contributed by atoms with van der Waals surface area (Å²) >= 11 is 4.18. The van der Waals surface area contributed by atoms with Gasteiger partial charge in [-0.1, -0.05) is 29.2 Å². The molecule has 2 aromatic heterocycles. The lowest BCUT2D eigenvalue weighted by Gasteiger charge is -2.07. The van der Waals surface area contributed by atoms with Crippen LogP contribution in [0.5, 0.6) is 0 Å². The summed E-state index contributed by atoms with van der Waals surface area (Å²) in [4.78, 5) is 25.9. The second-order valence-corrected chi connectivity index (χ2v) is 8.97. The SMILES string of the molecule is C=CCNc1nnc(SCC(=O)Nc2sc3c(c2C(=O)OCC)CCC3)s1. The van der Waals surface area contributed by atoms with Gasteiger partial charge in [0.25, 0.3) is 0 Å². The van der Waals surface area contributed by atoms with Gasteiger partial charge in [-0.15, -0.1) is 28.1 Å². The summed E-state index contributed by atoms with van der Waals surface area (Å²) in [6.45, 7) is 6.33. The summed E-state index contributed by atoms with van der Waals surface area (Å²) in [5.74, 6) is -0.343. The van der Waals surface area contributed by atoms with Gasteiger partial charge in [0.2, 0.25) is 11.0 Å². The Labute approximate surface area is 169 Å². The van der Waals surface area contributed by atoms with E-state index < -0.39 is 0 Å². The second kappa shape index (κ2) is 9.34. The first-order valence-electron chi connectivity index (χ1n) is 8.55. The Morgan fingerprint density at radius 2 is 2.19 bits per heavy atom. The van der Waals surface area contributed by atoms with Crippen molar-refractivity contribution in [2.75, 3.05) is 29.5 Å². The molecule has 0 atom stereocenters. The van der Waals surface area contributed by atoms with Gasteiger partial charge < -0.3 is 15.4 Å². The number of fused-ring (bicyclic) bond motifs is 1. The van der Waals surface area contributed by atoms with Crippen LogP contribution < -0.4 is 10.6 Å². The number of carbonyl (C=O) groups excluding carboxylic acids is 2. The average molecular weight is 425 g/mol. The van der Waals surface area contributed by atoms with E-state index in [1.807, 2.05) is 0 Å². The van der Waals surface area contributed by atoms with E-state index in [-0.39, 0.29) is 17.6 Å². The highest BCUT2D eigenvalue weighted by Crippen LogP contribution is 2.39. The number of rotatable bonds is 9. The van der Waals surface area contributed by atoms with Crippen LogP contribution in [-0.4, -0.2) is 41.0 Å². The standard InChI is InChI=1S/C17H20N4O3S3/c1-3-8-18-16-20-21-17(27-16)25-9-12(22)19-14-13(15(23)24-4-2)10-6-5-7-11(10)26-14/h3H,1,4-9H2,2H3,(H,18,20)(H,19,22). The van der Waals surface area contributed by atoms with Crippen LogP contribution in [0.3, 0.4) is 0 Å². The topological polar surface area (TPSA) is 93.2 Å². The molecule has 2 aromatic rings. The van der Waals surface area contributed by atoms with Gasteiger partial charge in [0, 0.05) is 11.4 Å². The van der Waals surface area contributed by atoms with Crippen molar-refractivity contribution in [2.24, 2.45) is 0 Å². The molecule has 10 heteroatoms. The van der Waals surface area contributed by atoms with E-state index in [9.17, 15) is 9.59 Å². The normalized spacial score (nSPS) is 12.5. The monoisotopic (exact) mass is 424 g/mol. The Morgan fingerprint density at radius 3 is 2.96 bits per heavy atom. The summed E-state index contributed by atoms with van der Waals surface area (Å²) in [5.41, 5.74) is 1.56. The fourth-order valence-electron chi connectivity index (χ4n) is 2.70. The zero-order chi connectivity index (χ0) is 19.2. The molecule has 27 heavy (non-hydrogen) atoms. The molecular weight excluding hydrogens is 404 g/mol. The number of anilines is 2. The molecule has 0 aromatic carbocycles. The number of nitrogens with one attached hydrogen (secondary N) is 2. The van der Waals surface area contributed by atoms with Crippen LogP contribution in [0.25, 0.3) is 0 Å². The molecule has 0 radical (unpaired) electrons. The van der Waals surface area contributed by atoms with E-state index >= 15 is 0 Å². The molecule has 0 bridgehead atoms. The minimum absolute atomic E-state index is 0.179. The predicted octanol–water partition coefficient (Wildman–Crippen LogP) is 3.59. The van der Waals surface area contributed by atoms with Gasteiger partial charge >= 0.3 is 5.97 Å². The van der Waals surface area contributed by atoms with E-state index in [1.54, 1.807) is 13.0 Å². The quantitative estimate of drug-likeness (QED) is 0.361. The summed E-state index contributed by atoms with van der Waals surface area (Å²) in [6.07, 6.45) is 4.58. The highest BCUT2D eigenvalue weighted by atomic mass is 32.2. The molecule has 7 nitrogen and oxygen atoms in total. The van der Waals surface area contributed by atoms with E-state index in [4.69, 9.17) is 4.74 Å². The third-order valence-electron chi connectivity index (χ3n) is 3.78. The van der Waals surface area contributed by atoms with Crippen LogP contribution in [0.4, 0.5) is 10.1 Å². The number of nitrogens with zero attached hydrogens (tertiary/aromatic N) is 2. The van der Waals surface area contributed by atoms with Gasteiger partial charge in [-0.05, 0) is 31.7 Å². The van der Waals surface area contributed by atoms with Gasteiger partial charge in [-0.3, -0.25) is 4.79 Å². The molecule has 2 heterocycles. The number of hydrogen-bond acceptors (Lipinski definition) is 9. The highest BCUT2D eigenvalue weighted by molar-refractivity contribution is 8.01. The first kappa shape index (κ1) is 19.8. The average Bonchev–Trinajstić information content (AvgIpc) is 3.34. The molecule has 0 saturated heterocycles. The van der Waals surface area contributed by atoms with Crippen molar-refractivity contribution in [3.8, 4) is 0 Å². The molecule has 2 N–H and O–H groups in total. The number of aromatic nitrogens is 2. The molecule has 0 fully saturated rings. The molecular formula is C17H20N4O3S3. The van der Waals surface area contributed by atoms with E-state index in [1.165, 1.54) is 39.3 Å². The minimum Gasteiger partial charge on any atom is -0.462 e. The Bertz CT molecular complexity index is 847. The van der Waals surface area contributed by atoms with Crippen molar-refractivity contribution in [2.45, 2.75) is 30.5 Å². The van der Waals surface area contributed by atoms with Crippen LogP contribution in [0.15, 0.2) is 17.0 Å². The van der Waals surface area contributed by atoms with Crippen LogP contribution in [0.1, 0.15) is 34.1 Å². The van der Waals surface area contributed by atoms with Crippen molar-refractivity contribution in [3.05, 3.63) is 28.7 Å². The van der Waals surface area contributed by atoms with E-state index in [0.29, 0.717) is 33.2 Å². The molecule has 1 aliphatic carbocycles. The first-order valence-corrected chi connectivity index (χ1v) is 11.2. The number of hydrogen-bond donors (Lipinski definition) is 2. The molecule has 0 spiro atoms. The maximum absolute atomic E-state index is 12.4. The Kier molecular flexibility index (Phi) is 6.86. The van der Waals surface area contributed by atoms with Crippen LogP contribution in [-0.2, 0) is 22.4 Å². The van der Waals surface area contributed by atoms with Crippen molar-refractivity contribution in [1.29, 1.82) is 0 Å². The first-order chi connectivity index (χ1) is 13.1. The number of esters is 1. The summed E-state index contributed by atoms with van der Waals surface area (Å²) < 4.78 is 5.88. The van der Waals surface area contributed by atoms with Gasteiger partial charge in [-0.25, -0.2) is 4.79 Å². The maximum Gasteiger partial charge on any atom is 0.341 e. The van der Waals surface area contributed by atoms with E-state index in [2.05, 4.69) is 27.4 Å². The van der Waals surface area contributed by atoms with Gasteiger partial charge in [0.05, 0.1) is 17.9 Å². The van der Waals surface area contributed by atoms with Gasteiger partial charge in [-0.2, -0.15) is 0 Å². The Morgan fingerprint density at radius 1 is 1.33 bits per heavy atom. The molecule has 0 unspecified atom stereocenters. The Hall–Kier alpha value is -1.91. The molecule has 144 valence electrons. The number of ether oxygens (including phenoxy) is 1. The van der Waals surface area contributed by atoms with Gasteiger partial charge in [0.15, 0.2) is 4.34 Å². The van der Waals surface area contributed by atoms with Crippen LogP contribution in [0, 0.1) is 0 Å². The summed E-state index contributed by atoms with van der Waals surface area (Å²) in [5, 5.41) is 15.3. The summed E-state index contributed by atoms with van der Waals surface area (Å²) in [7, 11) is 0.